The van der Waals surface area contributed by atoms with E-state index in [1.165, 1.54) is 19.3 Å². The summed E-state index contributed by atoms with van der Waals surface area (Å²) >= 11 is 1.92. The van der Waals surface area contributed by atoms with Gasteiger partial charge in [-0.05, 0) is 25.5 Å². The van der Waals surface area contributed by atoms with Crippen LogP contribution in [0.2, 0.25) is 0 Å². The van der Waals surface area contributed by atoms with Crippen LogP contribution in [0.4, 0.5) is 0 Å². The fourth-order valence-electron chi connectivity index (χ4n) is 1.62. The van der Waals surface area contributed by atoms with Crippen molar-refractivity contribution in [2.45, 2.75) is 43.5 Å². The molecule has 0 saturated heterocycles. The van der Waals surface area contributed by atoms with E-state index in [1.807, 2.05) is 11.8 Å². The van der Waals surface area contributed by atoms with Gasteiger partial charge in [0, 0.05) is 23.9 Å². The van der Waals surface area contributed by atoms with E-state index < -0.39 is 0 Å². The highest BCUT2D eigenvalue weighted by Crippen LogP contribution is 2.17. The van der Waals surface area contributed by atoms with Crippen LogP contribution < -0.4 is 11.1 Å². The molecule has 0 bridgehead atoms. The summed E-state index contributed by atoms with van der Waals surface area (Å²) in [5, 5.41) is 4.29. The second-order valence-electron chi connectivity index (χ2n) is 3.72. The smallest absolute Gasteiger partial charge is 0.0141 e. The Balaban J connectivity index is 2.07. The van der Waals surface area contributed by atoms with Crippen molar-refractivity contribution in [2.75, 3.05) is 12.8 Å². The number of hydrogen-bond acceptors (Lipinski definition) is 3. The van der Waals surface area contributed by atoms with Crippen LogP contribution in [0, 0.1) is 0 Å². The van der Waals surface area contributed by atoms with Gasteiger partial charge in [0.05, 0.1) is 0 Å². The van der Waals surface area contributed by atoms with Crippen molar-refractivity contribution >= 4 is 11.8 Å². The molecule has 2 nitrogen and oxygen atoms in total. The second kappa shape index (κ2) is 5.10. The van der Waals surface area contributed by atoms with Crippen LogP contribution >= 0.6 is 11.8 Å². The SMILES string of the molecule is CSC(C)CNC1CCC(N)C1. The van der Waals surface area contributed by atoms with Gasteiger partial charge in [-0.15, -0.1) is 0 Å². The van der Waals surface area contributed by atoms with E-state index in [1.54, 1.807) is 0 Å². The first-order valence-corrected chi connectivity index (χ1v) is 6.03. The predicted molar refractivity (Wildman–Crippen MR) is 56.6 cm³/mol. The standard InChI is InChI=1S/C9H20N2S/c1-7(12-2)6-11-9-4-3-8(10)5-9/h7-9,11H,3-6,10H2,1-2H3. The van der Waals surface area contributed by atoms with Gasteiger partial charge in [0.25, 0.3) is 0 Å². The van der Waals surface area contributed by atoms with Gasteiger partial charge in [0.15, 0.2) is 0 Å². The minimum absolute atomic E-state index is 0.451. The lowest BCUT2D eigenvalue weighted by Gasteiger charge is -2.15. The van der Waals surface area contributed by atoms with Crippen LogP contribution in [0.25, 0.3) is 0 Å². The van der Waals surface area contributed by atoms with E-state index in [9.17, 15) is 0 Å². The Hall–Kier alpha value is 0.270. The Morgan fingerprint density at radius 1 is 1.58 bits per heavy atom. The number of thioether (sulfide) groups is 1. The number of nitrogens with two attached hydrogens (primary N) is 1. The molecule has 3 atom stereocenters. The summed E-state index contributed by atoms with van der Waals surface area (Å²) in [6.07, 6.45) is 5.79. The molecule has 72 valence electrons. The zero-order chi connectivity index (χ0) is 8.97. The first-order valence-electron chi connectivity index (χ1n) is 4.74. The molecule has 0 amide bonds. The fourth-order valence-corrected chi connectivity index (χ4v) is 1.88. The molecule has 0 radical (unpaired) electrons. The maximum Gasteiger partial charge on any atom is 0.0141 e. The molecule has 1 fully saturated rings. The lowest BCUT2D eigenvalue weighted by Crippen LogP contribution is -2.32. The lowest BCUT2D eigenvalue weighted by atomic mass is 10.2. The third kappa shape index (κ3) is 3.33. The zero-order valence-electron chi connectivity index (χ0n) is 8.05. The van der Waals surface area contributed by atoms with Crippen molar-refractivity contribution < 1.29 is 0 Å². The molecular formula is C9H20N2S. The average Bonchev–Trinajstić information content (AvgIpc) is 2.47. The highest BCUT2D eigenvalue weighted by Gasteiger charge is 2.21. The monoisotopic (exact) mass is 188 g/mol. The summed E-state index contributed by atoms with van der Waals surface area (Å²) in [4.78, 5) is 0. The van der Waals surface area contributed by atoms with Gasteiger partial charge in [-0.3, -0.25) is 0 Å². The number of nitrogens with one attached hydrogen (secondary N) is 1. The van der Waals surface area contributed by atoms with E-state index in [-0.39, 0.29) is 0 Å². The summed E-state index contributed by atoms with van der Waals surface area (Å²) in [5.41, 5.74) is 5.82. The van der Waals surface area contributed by atoms with Crippen molar-refractivity contribution in [2.24, 2.45) is 5.73 Å². The van der Waals surface area contributed by atoms with Crippen LogP contribution in [0.3, 0.4) is 0 Å². The molecular weight excluding hydrogens is 168 g/mol. The van der Waals surface area contributed by atoms with E-state index in [0.717, 1.165) is 11.8 Å². The molecule has 3 unspecified atom stereocenters. The van der Waals surface area contributed by atoms with Crippen LogP contribution in [0.15, 0.2) is 0 Å². The van der Waals surface area contributed by atoms with Crippen molar-refractivity contribution in [1.29, 1.82) is 0 Å². The minimum atomic E-state index is 0.451. The predicted octanol–water partition coefficient (Wildman–Crippen LogP) is 1.21. The Morgan fingerprint density at radius 2 is 2.33 bits per heavy atom. The van der Waals surface area contributed by atoms with Crippen LogP contribution in [-0.2, 0) is 0 Å². The first-order chi connectivity index (χ1) is 5.72. The molecule has 0 aromatic rings. The molecule has 1 rings (SSSR count). The van der Waals surface area contributed by atoms with Crippen LogP contribution in [0.5, 0.6) is 0 Å². The Labute approximate surface area is 79.7 Å². The second-order valence-corrected chi connectivity index (χ2v) is 5.00. The van der Waals surface area contributed by atoms with Crippen LogP contribution in [-0.4, -0.2) is 30.1 Å². The Bertz CT molecular complexity index is 130. The zero-order valence-corrected chi connectivity index (χ0v) is 8.86. The third-order valence-corrected chi connectivity index (χ3v) is 3.54. The number of hydrogen-bond donors (Lipinski definition) is 2. The topological polar surface area (TPSA) is 38.0 Å². The Kier molecular flexibility index (Phi) is 4.40. The summed E-state index contributed by atoms with van der Waals surface area (Å²) < 4.78 is 0. The van der Waals surface area contributed by atoms with E-state index in [0.29, 0.717) is 12.1 Å². The molecule has 0 spiro atoms. The normalized spacial score (nSPS) is 32.2. The van der Waals surface area contributed by atoms with Gasteiger partial charge in [0.1, 0.15) is 0 Å². The largest absolute Gasteiger partial charge is 0.328 e. The molecule has 0 heterocycles. The van der Waals surface area contributed by atoms with Gasteiger partial charge in [-0.2, -0.15) is 11.8 Å². The molecule has 1 aliphatic carbocycles. The average molecular weight is 188 g/mol. The molecule has 12 heavy (non-hydrogen) atoms. The highest BCUT2D eigenvalue weighted by atomic mass is 32.2. The molecule has 0 aromatic carbocycles. The summed E-state index contributed by atoms with van der Waals surface area (Å²) in [6, 6.07) is 1.14. The highest BCUT2D eigenvalue weighted by molar-refractivity contribution is 7.99. The van der Waals surface area contributed by atoms with Crippen molar-refractivity contribution in [1.82, 2.24) is 5.32 Å². The summed E-state index contributed by atoms with van der Waals surface area (Å²) in [6.45, 7) is 3.38. The third-order valence-electron chi connectivity index (χ3n) is 2.57. The van der Waals surface area contributed by atoms with Crippen molar-refractivity contribution in [3.63, 3.8) is 0 Å². The van der Waals surface area contributed by atoms with Gasteiger partial charge in [-0.1, -0.05) is 6.92 Å². The van der Waals surface area contributed by atoms with Gasteiger partial charge < -0.3 is 11.1 Å². The molecule has 3 heteroatoms. The maximum absolute atomic E-state index is 5.82. The minimum Gasteiger partial charge on any atom is -0.328 e. The number of rotatable bonds is 4. The molecule has 3 N–H and O–H groups in total. The van der Waals surface area contributed by atoms with E-state index in [2.05, 4.69) is 18.5 Å². The van der Waals surface area contributed by atoms with Crippen LogP contribution in [0.1, 0.15) is 26.2 Å². The Morgan fingerprint density at radius 3 is 2.83 bits per heavy atom. The summed E-state index contributed by atoms with van der Waals surface area (Å²) in [7, 11) is 0. The van der Waals surface area contributed by atoms with Crippen molar-refractivity contribution in [3.8, 4) is 0 Å². The van der Waals surface area contributed by atoms with E-state index in [4.69, 9.17) is 5.73 Å². The lowest BCUT2D eigenvalue weighted by molar-refractivity contribution is 0.520. The van der Waals surface area contributed by atoms with E-state index >= 15 is 0 Å². The van der Waals surface area contributed by atoms with Gasteiger partial charge >= 0.3 is 0 Å². The molecule has 1 saturated carbocycles. The van der Waals surface area contributed by atoms with Crippen molar-refractivity contribution in [3.05, 3.63) is 0 Å². The quantitative estimate of drug-likeness (QED) is 0.696. The van der Waals surface area contributed by atoms with Gasteiger partial charge in [0.2, 0.25) is 0 Å². The van der Waals surface area contributed by atoms with Gasteiger partial charge in [-0.25, -0.2) is 0 Å². The molecule has 0 aromatic heterocycles. The maximum atomic E-state index is 5.82. The molecule has 0 aliphatic heterocycles. The molecule has 1 aliphatic rings. The fraction of sp³-hybridized carbons (Fsp3) is 1.00. The summed E-state index contributed by atoms with van der Waals surface area (Å²) in [5.74, 6) is 0. The first kappa shape index (κ1) is 10.4.